The summed E-state index contributed by atoms with van der Waals surface area (Å²) in [6, 6.07) is 13.6. The minimum absolute atomic E-state index is 0.0233. The van der Waals surface area contributed by atoms with Crippen LogP contribution in [0.3, 0.4) is 0 Å². The van der Waals surface area contributed by atoms with Crippen LogP contribution in [0.1, 0.15) is 37.9 Å². The lowest BCUT2D eigenvalue weighted by molar-refractivity contribution is -0.129. The van der Waals surface area contributed by atoms with E-state index in [1.807, 2.05) is 63.2 Å². The second-order valence-electron chi connectivity index (χ2n) is 5.85. The summed E-state index contributed by atoms with van der Waals surface area (Å²) in [6.07, 6.45) is 3.53. The number of carbonyl (C=O) groups is 1. The molecule has 0 fully saturated rings. The Balaban J connectivity index is 2.34. The van der Waals surface area contributed by atoms with Crippen LogP contribution < -0.4 is 5.32 Å². The average Bonchev–Trinajstić information content (AvgIpc) is 2.45. The van der Waals surface area contributed by atoms with E-state index in [0.29, 0.717) is 0 Å². The van der Waals surface area contributed by atoms with E-state index in [2.05, 4.69) is 10.3 Å². The molecule has 3 heteroatoms. The van der Waals surface area contributed by atoms with Crippen LogP contribution >= 0.6 is 0 Å². The second-order valence-corrected chi connectivity index (χ2v) is 5.85. The van der Waals surface area contributed by atoms with Crippen molar-refractivity contribution in [3.8, 4) is 0 Å². The first-order valence-electron chi connectivity index (χ1n) is 6.74. The molecule has 20 heavy (non-hydrogen) atoms. The highest BCUT2D eigenvalue weighted by atomic mass is 16.2. The van der Waals surface area contributed by atoms with E-state index in [0.717, 1.165) is 11.1 Å². The lowest BCUT2D eigenvalue weighted by Gasteiger charge is -2.25. The quantitative estimate of drug-likeness (QED) is 0.927. The van der Waals surface area contributed by atoms with E-state index in [-0.39, 0.29) is 11.9 Å². The highest BCUT2D eigenvalue weighted by Gasteiger charge is 2.25. The maximum Gasteiger partial charge on any atom is 0.226 e. The van der Waals surface area contributed by atoms with Crippen molar-refractivity contribution < 1.29 is 4.79 Å². The van der Waals surface area contributed by atoms with Crippen molar-refractivity contribution in [2.45, 2.75) is 26.8 Å². The summed E-state index contributed by atoms with van der Waals surface area (Å²) in [6.45, 7) is 5.73. The van der Waals surface area contributed by atoms with Gasteiger partial charge in [0.05, 0.1) is 6.04 Å². The Morgan fingerprint density at radius 1 is 1.05 bits per heavy atom. The van der Waals surface area contributed by atoms with Gasteiger partial charge < -0.3 is 5.32 Å². The van der Waals surface area contributed by atoms with Gasteiger partial charge in [-0.15, -0.1) is 0 Å². The number of rotatable bonds is 3. The predicted molar refractivity (Wildman–Crippen MR) is 80.1 cm³/mol. The Kier molecular flexibility index (Phi) is 4.18. The van der Waals surface area contributed by atoms with Crippen molar-refractivity contribution in [1.29, 1.82) is 0 Å². The van der Waals surface area contributed by atoms with Crippen LogP contribution in [0.4, 0.5) is 0 Å². The predicted octanol–water partition coefficient (Wildman–Crippen LogP) is 3.33. The standard InChI is InChI=1S/C17H20N2O/c1-17(2,3)16(20)19-15(13-8-5-4-6-9-13)14-10-7-11-18-12-14/h4-12,15H,1-3H3,(H,19,20)/t15-/m1/s1. The van der Waals surface area contributed by atoms with Gasteiger partial charge in [0.1, 0.15) is 0 Å². The van der Waals surface area contributed by atoms with E-state index in [1.54, 1.807) is 12.4 Å². The third-order valence-electron chi connectivity index (χ3n) is 3.11. The van der Waals surface area contributed by atoms with Gasteiger partial charge >= 0.3 is 0 Å². The number of hydrogen-bond donors (Lipinski definition) is 1. The summed E-state index contributed by atoms with van der Waals surface area (Å²) < 4.78 is 0. The number of carbonyl (C=O) groups excluding carboxylic acids is 1. The lowest BCUT2D eigenvalue weighted by Crippen LogP contribution is -2.37. The van der Waals surface area contributed by atoms with Crippen molar-refractivity contribution in [1.82, 2.24) is 10.3 Å². The number of benzene rings is 1. The summed E-state index contributed by atoms with van der Waals surface area (Å²) in [5, 5.41) is 3.11. The van der Waals surface area contributed by atoms with Crippen molar-refractivity contribution in [2.24, 2.45) is 5.41 Å². The van der Waals surface area contributed by atoms with Crippen LogP contribution in [0.25, 0.3) is 0 Å². The summed E-state index contributed by atoms with van der Waals surface area (Å²) in [5.41, 5.74) is 1.62. The number of pyridine rings is 1. The molecule has 1 atom stereocenters. The molecule has 0 aliphatic carbocycles. The second kappa shape index (κ2) is 5.87. The first kappa shape index (κ1) is 14.3. The Morgan fingerprint density at radius 3 is 2.25 bits per heavy atom. The van der Waals surface area contributed by atoms with Crippen LogP contribution in [0.2, 0.25) is 0 Å². The molecule has 0 radical (unpaired) electrons. The highest BCUT2D eigenvalue weighted by Crippen LogP contribution is 2.23. The van der Waals surface area contributed by atoms with Gasteiger partial charge in [0, 0.05) is 17.8 Å². The SMILES string of the molecule is CC(C)(C)C(=O)N[C@H](c1ccccc1)c1cccnc1. The van der Waals surface area contributed by atoms with Gasteiger partial charge in [0.25, 0.3) is 0 Å². The maximum atomic E-state index is 12.3. The number of nitrogens with one attached hydrogen (secondary N) is 1. The van der Waals surface area contributed by atoms with Gasteiger partial charge in [-0.2, -0.15) is 0 Å². The van der Waals surface area contributed by atoms with E-state index in [4.69, 9.17) is 0 Å². The van der Waals surface area contributed by atoms with Gasteiger partial charge in [-0.3, -0.25) is 9.78 Å². The van der Waals surface area contributed by atoms with Crippen LogP contribution in [0, 0.1) is 5.41 Å². The van der Waals surface area contributed by atoms with Gasteiger partial charge in [-0.25, -0.2) is 0 Å². The number of amides is 1. The average molecular weight is 268 g/mol. The zero-order valence-electron chi connectivity index (χ0n) is 12.1. The molecular formula is C17H20N2O. The third-order valence-corrected chi connectivity index (χ3v) is 3.11. The van der Waals surface area contributed by atoms with Crippen LogP contribution in [-0.4, -0.2) is 10.9 Å². The molecule has 3 nitrogen and oxygen atoms in total. The van der Waals surface area contributed by atoms with Crippen LogP contribution in [0.5, 0.6) is 0 Å². The molecule has 0 saturated heterocycles. The van der Waals surface area contributed by atoms with E-state index in [9.17, 15) is 4.79 Å². The molecule has 0 aliphatic rings. The smallest absolute Gasteiger partial charge is 0.226 e. The topological polar surface area (TPSA) is 42.0 Å². The molecule has 104 valence electrons. The van der Waals surface area contributed by atoms with Crippen molar-refractivity contribution >= 4 is 5.91 Å². The van der Waals surface area contributed by atoms with Crippen molar-refractivity contribution in [2.75, 3.05) is 0 Å². The largest absolute Gasteiger partial charge is 0.345 e. The molecule has 2 rings (SSSR count). The fourth-order valence-electron chi connectivity index (χ4n) is 1.90. The van der Waals surface area contributed by atoms with E-state index >= 15 is 0 Å². The Labute approximate surface area is 120 Å². The van der Waals surface area contributed by atoms with E-state index < -0.39 is 5.41 Å². The first-order chi connectivity index (χ1) is 9.48. The molecule has 0 saturated carbocycles. The monoisotopic (exact) mass is 268 g/mol. The normalized spacial score (nSPS) is 12.8. The van der Waals surface area contributed by atoms with Gasteiger partial charge in [-0.1, -0.05) is 57.2 Å². The summed E-state index contributed by atoms with van der Waals surface area (Å²) in [4.78, 5) is 16.4. The third kappa shape index (κ3) is 3.44. The van der Waals surface area contributed by atoms with Crippen molar-refractivity contribution in [3.63, 3.8) is 0 Å². The zero-order chi connectivity index (χ0) is 14.6. The minimum atomic E-state index is -0.421. The lowest BCUT2D eigenvalue weighted by atomic mass is 9.93. The minimum Gasteiger partial charge on any atom is -0.345 e. The van der Waals surface area contributed by atoms with E-state index in [1.165, 1.54) is 0 Å². The highest BCUT2D eigenvalue weighted by molar-refractivity contribution is 5.82. The number of hydrogen-bond acceptors (Lipinski definition) is 2. The fourth-order valence-corrected chi connectivity index (χ4v) is 1.90. The molecule has 0 bridgehead atoms. The molecule has 1 aromatic carbocycles. The maximum absolute atomic E-state index is 12.3. The Bertz CT molecular complexity index is 519. The Hall–Kier alpha value is -2.16. The zero-order valence-corrected chi connectivity index (χ0v) is 12.1. The van der Waals surface area contributed by atoms with Gasteiger partial charge in [0.15, 0.2) is 0 Å². The number of aromatic nitrogens is 1. The molecule has 1 N–H and O–H groups in total. The molecule has 1 aromatic heterocycles. The first-order valence-corrected chi connectivity index (χ1v) is 6.74. The van der Waals surface area contributed by atoms with Crippen LogP contribution in [-0.2, 0) is 4.79 Å². The fraction of sp³-hybridized carbons (Fsp3) is 0.294. The van der Waals surface area contributed by atoms with Crippen molar-refractivity contribution in [3.05, 3.63) is 66.0 Å². The summed E-state index contributed by atoms with van der Waals surface area (Å²) >= 11 is 0. The molecule has 1 amide bonds. The Morgan fingerprint density at radius 2 is 1.70 bits per heavy atom. The molecule has 1 heterocycles. The van der Waals surface area contributed by atoms with Gasteiger partial charge in [0.2, 0.25) is 5.91 Å². The molecule has 2 aromatic rings. The summed E-state index contributed by atoms with van der Waals surface area (Å²) in [5.74, 6) is 0.0233. The molecule has 0 spiro atoms. The molecule has 0 aliphatic heterocycles. The number of nitrogens with zero attached hydrogens (tertiary/aromatic N) is 1. The van der Waals surface area contributed by atoms with Crippen LogP contribution in [0.15, 0.2) is 54.9 Å². The summed E-state index contributed by atoms with van der Waals surface area (Å²) in [7, 11) is 0. The van der Waals surface area contributed by atoms with Gasteiger partial charge in [-0.05, 0) is 17.2 Å². The molecule has 0 unspecified atom stereocenters. The molecular weight excluding hydrogens is 248 g/mol.